The minimum absolute atomic E-state index is 0.296. The second-order valence-corrected chi connectivity index (χ2v) is 3.52. The Bertz CT molecular complexity index is 471. The van der Waals surface area contributed by atoms with E-state index in [1.54, 1.807) is 12.1 Å². The molecule has 0 radical (unpaired) electrons. The zero-order valence-electron chi connectivity index (χ0n) is 10.4. The van der Waals surface area contributed by atoms with Crippen LogP contribution in [0.3, 0.4) is 0 Å². The SMILES string of the molecule is COc1ccc(NC=O)cc1N(C(C)=O)C(C)=O. The van der Waals surface area contributed by atoms with E-state index in [1.807, 2.05) is 0 Å². The summed E-state index contributed by atoms with van der Waals surface area (Å²) in [7, 11) is 1.43. The van der Waals surface area contributed by atoms with Gasteiger partial charge in [-0.15, -0.1) is 0 Å². The first-order valence-electron chi connectivity index (χ1n) is 5.20. The van der Waals surface area contributed by atoms with Crippen LogP contribution in [0, 0.1) is 0 Å². The molecule has 6 nitrogen and oxygen atoms in total. The van der Waals surface area contributed by atoms with Crippen LogP contribution in [0.5, 0.6) is 5.75 Å². The van der Waals surface area contributed by atoms with E-state index in [1.165, 1.54) is 27.0 Å². The molecule has 18 heavy (non-hydrogen) atoms. The smallest absolute Gasteiger partial charge is 0.230 e. The quantitative estimate of drug-likeness (QED) is 0.814. The topological polar surface area (TPSA) is 75.7 Å². The Morgan fingerprint density at radius 3 is 2.33 bits per heavy atom. The van der Waals surface area contributed by atoms with Crippen LogP contribution in [0.1, 0.15) is 13.8 Å². The molecule has 0 saturated heterocycles. The lowest BCUT2D eigenvalue weighted by Crippen LogP contribution is -2.33. The Morgan fingerprint density at radius 2 is 1.89 bits per heavy atom. The molecule has 0 bridgehead atoms. The van der Waals surface area contributed by atoms with E-state index in [0.717, 1.165) is 4.90 Å². The number of hydrogen-bond acceptors (Lipinski definition) is 4. The first-order valence-corrected chi connectivity index (χ1v) is 5.20. The normalized spacial score (nSPS) is 9.50. The first kappa shape index (κ1) is 13.7. The van der Waals surface area contributed by atoms with Gasteiger partial charge >= 0.3 is 0 Å². The van der Waals surface area contributed by atoms with Crippen LogP contribution in [0.2, 0.25) is 0 Å². The molecule has 0 saturated carbocycles. The van der Waals surface area contributed by atoms with Gasteiger partial charge in [0.15, 0.2) is 0 Å². The van der Waals surface area contributed by atoms with Gasteiger partial charge in [0.2, 0.25) is 18.2 Å². The lowest BCUT2D eigenvalue weighted by atomic mass is 10.2. The van der Waals surface area contributed by atoms with E-state index in [-0.39, 0.29) is 0 Å². The molecule has 1 N–H and O–H groups in total. The van der Waals surface area contributed by atoms with Gasteiger partial charge in [0.25, 0.3) is 0 Å². The van der Waals surface area contributed by atoms with Crippen LogP contribution in [0.25, 0.3) is 0 Å². The van der Waals surface area contributed by atoms with Gasteiger partial charge in [-0.05, 0) is 18.2 Å². The van der Waals surface area contributed by atoms with E-state index in [0.29, 0.717) is 23.5 Å². The molecule has 1 aromatic rings. The molecular weight excluding hydrogens is 236 g/mol. The molecule has 0 spiro atoms. The van der Waals surface area contributed by atoms with E-state index >= 15 is 0 Å². The Hall–Kier alpha value is -2.37. The summed E-state index contributed by atoms with van der Waals surface area (Å²) >= 11 is 0. The number of hydrogen-bond donors (Lipinski definition) is 1. The second kappa shape index (κ2) is 5.81. The third-order valence-electron chi connectivity index (χ3n) is 2.28. The predicted octanol–water partition coefficient (Wildman–Crippen LogP) is 1.16. The average Bonchev–Trinajstić information content (AvgIpc) is 2.29. The highest BCUT2D eigenvalue weighted by Crippen LogP contribution is 2.31. The highest BCUT2D eigenvalue weighted by Gasteiger charge is 2.20. The van der Waals surface area contributed by atoms with E-state index in [2.05, 4.69) is 5.32 Å². The van der Waals surface area contributed by atoms with Crippen LogP contribution in [0.15, 0.2) is 18.2 Å². The molecule has 0 atom stereocenters. The number of carbonyl (C=O) groups is 3. The molecule has 96 valence electrons. The molecule has 0 aliphatic carbocycles. The summed E-state index contributed by atoms with van der Waals surface area (Å²) in [6, 6.07) is 4.67. The number of imide groups is 1. The van der Waals surface area contributed by atoms with Crippen LogP contribution < -0.4 is 15.0 Å². The number of nitrogens with one attached hydrogen (secondary N) is 1. The lowest BCUT2D eigenvalue weighted by molar-refractivity contribution is -0.124. The van der Waals surface area contributed by atoms with Crippen molar-refractivity contribution in [1.82, 2.24) is 0 Å². The van der Waals surface area contributed by atoms with Crippen molar-refractivity contribution >= 4 is 29.6 Å². The molecule has 0 heterocycles. The zero-order chi connectivity index (χ0) is 13.7. The Morgan fingerprint density at radius 1 is 1.28 bits per heavy atom. The highest BCUT2D eigenvalue weighted by atomic mass is 16.5. The number of benzene rings is 1. The molecule has 0 fully saturated rings. The summed E-state index contributed by atoms with van der Waals surface area (Å²) in [5.74, 6) is -0.482. The van der Waals surface area contributed by atoms with Gasteiger partial charge in [-0.3, -0.25) is 14.4 Å². The molecule has 1 rings (SSSR count). The summed E-state index contributed by atoms with van der Waals surface area (Å²) in [6.07, 6.45) is 0.511. The van der Waals surface area contributed by atoms with Crippen molar-refractivity contribution in [2.75, 3.05) is 17.3 Å². The summed E-state index contributed by atoms with van der Waals surface area (Å²) in [6.45, 7) is 2.56. The fourth-order valence-corrected chi connectivity index (χ4v) is 1.58. The van der Waals surface area contributed by atoms with Gasteiger partial charge in [-0.1, -0.05) is 0 Å². The zero-order valence-corrected chi connectivity index (χ0v) is 10.4. The molecule has 0 aromatic heterocycles. The van der Waals surface area contributed by atoms with Gasteiger partial charge in [-0.25, -0.2) is 4.90 Å². The third-order valence-corrected chi connectivity index (χ3v) is 2.28. The maximum Gasteiger partial charge on any atom is 0.230 e. The molecule has 6 heteroatoms. The predicted molar refractivity (Wildman–Crippen MR) is 66.5 cm³/mol. The standard InChI is InChI=1S/C12H14N2O4/c1-8(16)14(9(2)17)11-6-10(13-7-15)4-5-12(11)18-3/h4-7H,1-3H3,(H,13,15). The Kier molecular flexibility index (Phi) is 4.42. The number of anilines is 2. The fourth-order valence-electron chi connectivity index (χ4n) is 1.58. The van der Waals surface area contributed by atoms with E-state index in [4.69, 9.17) is 4.74 Å². The number of ether oxygens (including phenoxy) is 1. The Balaban J connectivity index is 3.32. The van der Waals surface area contributed by atoms with Gasteiger partial charge in [0, 0.05) is 19.5 Å². The van der Waals surface area contributed by atoms with Crippen molar-refractivity contribution in [1.29, 1.82) is 0 Å². The molecule has 0 aliphatic rings. The second-order valence-electron chi connectivity index (χ2n) is 3.52. The summed E-state index contributed by atoms with van der Waals surface area (Å²) in [5, 5.41) is 2.45. The van der Waals surface area contributed by atoms with Crippen LogP contribution in [0.4, 0.5) is 11.4 Å². The maximum atomic E-state index is 11.5. The van der Waals surface area contributed by atoms with Gasteiger partial charge in [-0.2, -0.15) is 0 Å². The minimum atomic E-state index is -0.427. The number of rotatable bonds is 4. The van der Waals surface area contributed by atoms with Crippen molar-refractivity contribution in [2.24, 2.45) is 0 Å². The molecule has 3 amide bonds. The molecule has 0 unspecified atom stereocenters. The van der Waals surface area contributed by atoms with Crippen LogP contribution in [-0.2, 0) is 14.4 Å². The van der Waals surface area contributed by atoms with Crippen molar-refractivity contribution in [2.45, 2.75) is 13.8 Å². The van der Waals surface area contributed by atoms with Gasteiger partial charge in [0.1, 0.15) is 5.75 Å². The monoisotopic (exact) mass is 250 g/mol. The lowest BCUT2D eigenvalue weighted by Gasteiger charge is -2.20. The van der Waals surface area contributed by atoms with Crippen molar-refractivity contribution < 1.29 is 19.1 Å². The van der Waals surface area contributed by atoms with Gasteiger partial charge < -0.3 is 10.1 Å². The van der Waals surface area contributed by atoms with Gasteiger partial charge in [0.05, 0.1) is 12.8 Å². The largest absolute Gasteiger partial charge is 0.495 e. The third kappa shape index (κ3) is 2.85. The van der Waals surface area contributed by atoms with Crippen molar-refractivity contribution in [3.8, 4) is 5.75 Å². The summed E-state index contributed by atoms with van der Waals surface area (Å²) in [4.78, 5) is 34.3. The number of carbonyl (C=O) groups excluding carboxylic acids is 3. The fraction of sp³-hybridized carbons (Fsp3) is 0.250. The van der Waals surface area contributed by atoms with Crippen molar-refractivity contribution in [3.63, 3.8) is 0 Å². The molecule has 1 aromatic carbocycles. The minimum Gasteiger partial charge on any atom is -0.495 e. The first-order chi connectivity index (χ1) is 8.51. The molecule has 0 aliphatic heterocycles. The van der Waals surface area contributed by atoms with E-state index < -0.39 is 11.8 Å². The number of methoxy groups -OCH3 is 1. The highest BCUT2D eigenvalue weighted by molar-refractivity contribution is 6.14. The maximum absolute atomic E-state index is 11.5. The number of amides is 3. The summed E-state index contributed by atoms with van der Waals surface area (Å²) in [5.41, 5.74) is 0.762. The van der Waals surface area contributed by atoms with Crippen LogP contribution in [-0.4, -0.2) is 25.3 Å². The molecular formula is C12H14N2O4. The number of nitrogens with zero attached hydrogens (tertiary/aromatic N) is 1. The summed E-state index contributed by atoms with van der Waals surface area (Å²) < 4.78 is 5.10. The Labute approximate surface area is 105 Å². The van der Waals surface area contributed by atoms with Crippen molar-refractivity contribution in [3.05, 3.63) is 18.2 Å². The van der Waals surface area contributed by atoms with E-state index in [9.17, 15) is 14.4 Å². The average molecular weight is 250 g/mol. The van der Waals surface area contributed by atoms with Crippen LogP contribution >= 0.6 is 0 Å².